The van der Waals surface area contributed by atoms with Crippen LogP contribution in [0.5, 0.6) is 0 Å². The number of carbonyl (C=O) groups is 3. The van der Waals surface area contributed by atoms with Crippen molar-refractivity contribution in [2.75, 3.05) is 9.80 Å². The third-order valence-electron chi connectivity index (χ3n) is 7.00. The minimum atomic E-state index is -1.33. The molecule has 0 spiro atoms. The zero-order valence-electron chi connectivity index (χ0n) is 22.1. The molecule has 1 unspecified atom stereocenters. The Labute approximate surface area is 242 Å². The lowest BCUT2D eigenvalue weighted by molar-refractivity contribution is -0.136. The molecule has 0 aliphatic carbocycles. The van der Waals surface area contributed by atoms with E-state index < -0.39 is 35.9 Å². The normalized spacial score (nSPS) is 15.0. The molecule has 4 aromatic rings. The van der Waals surface area contributed by atoms with Gasteiger partial charge in [-0.05, 0) is 53.6 Å². The zero-order chi connectivity index (χ0) is 28.9. The van der Waals surface area contributed by atoms with Crippen LogP contribution in [0.1, 0.15) is 23.1 Å². The van der Waals surface area contributed by atoms with Crippen molar-refractivity contribution in [3.05, 3.63) is 125 Å². The molecule has 0 saturated carbocycles. The second kappa shape index (κ2) is 12.3. The quantitative estimate of drug-likeness (QED) is 0.275. The van der Waals surface area contributed by atoms with E-state index in [9.17, 15) is 18.8 Å². The maximum Gasteiger partial charge on any atom is 0.244 e. The maximum absolute atomic E-state index is 14.2. The number of rotatable bonds is 8. The Bertz CT molecular complexity index is 1580. The second-order valence-electron chi connectivity index (χ2n) is 9.71. The molecule has 0 fully saturated rings. The van der Waals surface area contributed by atoms with Crippen molar-refractivity contribution >= 4 is 46.4 Å². The highest BCUT2D eigenvalue weighted by Gasteiger charge is 2.42. The van der Waals surface area contributed by atoms with Crippen LogP contribution in [-0.4, -0.2) is 17.7 Å². The SMILES string of the molecule is NCc1ccc(N2C(=O)C(CC(=O)NCc3ccccc3F)C(=O)N(Cc3ccc(Cl)cc3)c3ccccc32)cc1. The van der Waals surface area contributed by atoms with Gasteiger partial charge in [0.15, 0.2) is 0 Å². The number of nitrogens with zero attached hydrogens (tertiary/aromatic N) is 2. The van der Waals surface area contributed by atoms with E-state index in [4.69, 9.17) is 17.3 Å². The smallest absolute Gasteiger partial charge is 0.244 e. The van der Waals surface area contributed by atoms with Crippen LogP contribution in [0.2, 0.25) is 5.02 Å². The van der Waals surface area contributed by atoms with Crippen LogP contribution in [0.4, 0.5) is 21.5 Å². The van der Waals surface area contributed by atoms with Gasteiger partial charge >= 0.3 is 0 Å². The molecule has 9 heteroatoms. The largest absolute Gasteiger partial charge is 0.352 e. The summed E-state index contributed by atoms with van der Waals surface area (Å²) in [6, 6.07) is 27.5. The summed E-state index contributed by atoms with van der Waals surface area (Å²) in [6.07, 6.45) is -0.408. The van der Waals surface area contributed by atoms with Gasteiger partial charge in [-0.1, -0.05) is 66.2 Å². The molecule has 0 bridgehead atoms. The average Bonchev–Trinajstić information content (AvgIpc) is 3.07. The number of para-hydroxylation sites is 2. The number of fused-ring (bicyclic) bond motifs is 1. The summed E-state index contributed by atoms with van der Waals surface area (Å²) in [6.45, 7) is 0.427. The van der Waals surface area contributed by atoms with Crippen molar-refractivity contribution in [2.45, 2.75) is 26.1 Å². The van der Waals surface area contributed by atoms with Crippen LogP contribution in [0.25, 0.3) is 0 Å². The van der Waals surface area contributed by atoms with Crippen molar-refractivity contribution in [2.24, 2.45) is 11.7 Å². The molecule has 1 aliphatic rings. The van der Waals surface area contributed by atoms with E-state index in [0.717, 1.165) is 11.1 Å². The van der Waals surface area contributed by atoms with Gasteiger partial charge < -0.3 is 16.0 Å². The fourth-order valence-corrected chi connectivity index (χ4v) is 4.95. The molecule has 1 heterocycles. The van der Waals surface area contributed by atoms with Gasteiger partial charge in [0, 0.05) is 35.8 Å². The van der Waals surface area contributed by atoms with Gasteiger partial charge in [0.2, 0.25) is 17.7 Å². The van der Waals surface area contributed by atoms with E-state index in [-0.39, 0.29) is 13.1 Å². The molecule has 0 radical (unpaired) electrons. The molecule has 3 N–H and O–H groups in total. The lowest BCUT2D eigenvalue weighted by atomic mass is 10.0. The molecule has 1 aliphatic heterocycles. The fourth-order valence-electron chi connectivity index (χ4n) is 4.82. The zero-order valence-corrected chi connectivity index (χ0v) is 22.9. The van der Waals surface area contributed by atoms with Gasteiger partial charge in [0.05, 0.1) is 17.9 Å². The van der Waals surface area contributed by atoms with Crippen molar-refractivity contribution in [1.82, 2.24) is 5.32 Å². The summed E-state index contributed by atoms with van der Waals surface area (Å²) >= 11 is 6.07. The summed E-state index contributed by atoms with van der Waals surface area (Å²) < 4.78 is 14.1. The Morgan fingerprint density at radius 2 is 1.46 bits per heavy atom. The molecule has 0 saturated heterocycles. The van der Waals surface area contributed by atoms with Crippen LogP contribution in [0.15, 0.2) is 97.1 Å². The summed E-state index contributed by atoms with van der Waals surface area (Å²) in [4.78, 5) is 44.4. The Kier molecular flexibility index (Phi) is 8.42. The van der Waals surface area contributed by atoms with Gasteiger partial charge in [0.25, 0.3) is 0 Å². The Balaban J connectivity index is 1.52. The summed E-state index contributed by atoms with van der Waals surface area (Å²) in [5, 5.41) is 3.22. The predicted molar refractivity (Wildman–Crippen MR) is 157 cm³/mol. The fraction of sp³-hybridized carbons (Fsp3) is 0.156. The van der Waals surface area contributed by atoms with E-state index >= 15 is 0 Å². The summed E-state index contributed by atoms with van der Waals surface area (Å²) in [5.41, 5.74) is 9.34. The van der Waals surface area contributed by atoms with Crippen molar-refractivity contribution in [1.29, 1.82) is 0 Å². The number of halogens is 2. The van der Waals surface area contributed by atoms with E-state index in [1.165, 1.54) is 15.9 Å². The van der Waals surface area contributed by atoms with Gasteiger partial charge in [0.1, 0.15) is 11.7 Å². The van der Waals surface area contributed by atoms with E-state index in [1.807, 2.05) is 24.3 Å². The minimum Gasteiger partial charge on any atom is -0.352 e. The maximum atomic E-state index is 14.2. The predicted octanol–water partition coefficient (Wildman–Crippen LogP) is 5.47. The Morgan fingerprint density at radius 3 is 2.15 bits per heavy atom. The highest BCUT2D eigenvalue weighted by atomic mass is 35.5. The monoisotopic (exact) mass is 570 g/mol. The van der Waals surface area contributed by atoms with Gasteiger partial charge in [-0.2, -0.15) is 0 Å². The van der Waals surface area contributed by atoms with Crippen LogP contribution >= 0.6 is 11.6 Å². The molecule has 5 rings (SSSR count). The topological polar surface area (TPSA) is 95.7 Å². The first-order chi connectivity index (χ1) is 19.9. The van der Waals surface area contributed by atoms with E-state index in [0.29, 0.717) is 34.2 Å². The molecule has 7 nitrogen and oxygen atoms in total. The summed E-state index contributed by atoms with van der Waals surface area (Å²) in [7, 11) is 0. The molecule has 41 heavy (non-hydrogen) atoms. The first-order valence-corrected chi connectivity index (χ1v) is 13.5. The number of anilines is 3. The number of nitrogens with one attached hydrogen (secondary N) is 1. The number of carbonyl (C=O) groups excluding carboxylic acids is 3. The minimum absolute atomic E-state index is 0.0699. The van der Waals surface area contributed by atoms with E-state index in [1.54, 1.807) is 66.7 Å². The Morgan fingerprint density at radius 1 is 0.829 bits per heavy atom. The first-order valence-electron chi connectivity index (χ1n) is 13.1. The molecule has 208 valence electrons. The standard InChI is InChI=1S/C32H28ClFN4O3/c33-24-13-9-22(10-14-24)20-37-28-7-3-4-8-29(28)38(25-15-11-21(18-35)12-16-25)32(41)26(31(37)40)17-30(39)36-19-23-5-1-2-6-27(23)34/h1-16,26H,17-20,35H2,(H,36,39). The van der Waals surface area contributed by atoms with Crippen LogP contribution < -0.4 is 20.9 Å². The third-order valence-corrected chi connectivity index (χ3v) is 7.26. The van der Waals surface area contributed by atoms with Crippen LogP contribution in [-0.2, 0) is 34.0 Å². The van der Waals surface area contributed by atoms with Crippen molar-refractivity contribution < 1.29 is 18.8 Å². The summed E-state index contributed by atoms with van der Waals surface area (Å²) in [5.74, 6) is -3.38. The molecule has 3 amide bonds. The lowest BCUT2D eigenvalue weighted by Gasteiger charge is -2.26. The first kappa shape index (κ1) is 28.0. The molecule has 1 atom stereocenters. The molecular formula is C32H28ClFN4O3. The van der Waals surface area contributed by atoms with Crippen molar-refractivity contribution in [3.8, 4) is 0 Å². The molecule has 0 aromatic heterocycles. The molecule has 4 aromatic carbocycles. The van der Waals surface area contributed by atoms with E-state index in [2.05, 4.69) is 5.32 Å². The number of hydrogen-bond donors (Lipinski definition) is 2. The number of benzene rings is 4. The molecular weight excluding hydrogens is 543 g/mol. The number of nitrogens with two attached hydrogens (primary N) is 1. The van der Waals surface area contributed by atoms with Gasteiger partial charge in [-0.25, -0.2) is 4.39 Å². The number of amides is 3. The second-order valence-corrected chi connectivity index (χ2v) is 10.1. The van der Waals surface area contributed by atoms with Crippen LogP contribution in [0.3, 0.4) is 0 Å². The highest BCUT2D eigenvalue weighted by Crippen LogP contribution is 2.40. The van der Waals surface area contributed by atoms with Gasteiger partial charge in [-0.15, -0.1) is 0 Å². The Hall–Kier alpha value is -4.53. The average molecular weight is 571 g/mol. The van der Waals surface area contributed by atoms with Crippen LogP contribution in [0, 0.1) is 11.7 Å². The third kappa shape index (κ3) is 6.14. The highest BCUT2D eigenvalue weighted by molar-refractivity contribution is 6.30. The lowest BCUT2D eigenvalue weighted by Crippen LogP contribution is -2.43. The van der Waals surface area contributed by atoms with Crippen molar-refractivity contribution in [3.63, 3.8) is 0 Å². The number of hydrogen-bond acceptors (Lipinski definition) is 4. The van der Waals surface area contributed by atoms with Gasteiger partial charge in [-0.3, -0.25) is 19.3 Å².